The molecule has 0 N–H and O–H groups in total. The molecule has 1 heterocycles. The lowest BCUT2D eigenvalue weighted by atomic mass is 10.0. The number of halogens is 1. The monoisotopic (exact) mass is 581 g/mol. The fraction of sp³-hybridized carbons (Fsp3) is 0.355. The van der Waals surface area contributed by atoms with E-state index in [4.69, 9.17) is 4.74 Å². The number of methoxy groups -OCH3 is 1. The third kappa shape index (κ3) is 7.51. The van der Waals surface area contributed by atoms with E-state index in [0.29, 0.717) is 49.2 Å². The summed E-state index contributed by atoms with van der Waals surface area (Å²) in [5.74, 6) is -0.202. The van der Waals surface area contributed by atoms with Crippen LogP contribution in [0.15, 0.2) is 83.8 Å². The third-order valence-electron chi connectivity index (χ3n) is 7.26. The lowest BCUT2D eigenvalue weighted by molar-refractivity contribution is -0.135. The summed E-state index contributed by atoms with van der Waals surface area (Å²) in [5, 5.41) is 0. The molecule has 1 fully saturated rings. The Morgan fingerprint density at radius 1 is 0.976 bits per heavy atom. The second kappa shape index (κ2) is 13.7. The summed E-state index contributed by atoms with van der Waals surface area (Å²) < 4.78 is 47.2. The highest BCUT2D eigenvalue weighted by atomic mass is 32.2. The van der Waals surface area contributed by atoms with Crippen LogP contribution in [-0.2, 0) is 21.4 Å². The molecule has 2 amide bonds. The molecule has 1 aliphatic heterocycles. The van der Waals surface area contributed by atoms with Gasteiger partial charge in [0, 0.05) is 37.8 Å². The summed E-state index contributed by atoms with van der Waals surface area (Å²) in [6.07, 6.45) is 1.57. The molecular weight excluding hydrogens is 545 g/mol. The summed E-state index contributed by atoms with van der Waals surface area (Å²) in [5.41, 5.74) is 1.17. The van der Waals surface area contributed by atoms with Gasteiger partial charge in [-0.3, -0.25) is 9.59 Å². The number of amides is 2. The molecule has 41 heavy (non-hydrogen) atoms. The highest BCUT2D eigenvalue weighted by molar-refractivity contribution is 7.89. The fourth-order valence-electron chi connectivity index (χ4n) is 5.07. The van der Waals surface area contributed by atoms with Gasteiger partial charge in [0.1, 0.15) is 11.6 Å². The SMILES string of the molecule is CCCN(CC(=O)N(Cc1cccc(F)c1)C1CCN(C(=O)c2ccc(OC)cc2)CC1)S(=O)(=O)c1ccccc1. The molecule has 0 unspecified atom stereocenters. The molecule has 0 bridgehead atoms. The smallest absolute Gasteiger partial charge is 0.253 e. The van der Waals surface area contributed by atoms with Gasteiger partial charge in [0.05, 0.1) is 18.6 Å². The summed E-state index contributed by atoms with van der Waals surface area (Å²) in [7, 11) is -2.33. The first-order valence-electron chi connectivity index (χ1n) is 13.8. The Morgan fingerprint density at radius 3 is 2.27 bits per heavy atom. The van der Waals surface area contributed by atoms with Crippen molar-refractivity contribution in [2.45, 2.75) is 43.7 Å². The van der Waals surface area contributed by atoms with Crippen molar-refractivity contribution in [2.24, 2.45) is 0 Å². The Labute approximate surface area is 241 Å². The zero-order valence-electron chi connectivity index (χ0n) is 23.4. The van der Waals surface area contributed by atoms with Crippen LogP contribution in [0.25, 0.3) is 0 Å². The predicted octanol–water partition coefficient (Wildman–Crippen LogP) is 4.57. The molecule has 0 atom stereocenters. The number of rotatable bonds is 11. The van der Waals surface area contributed by atoms with Crippen molar-refractivity contribution in [1.29, 1.82) is 0 Å². The number of ether oxygens (including phenoxy) is 1. The predicted molar refractivity (Wildman–Crippen MR) is 154 cm³/mol. The number of carbonyl (C=O) groups excluding carboxylic acids is 2. The maximum Gasteiger partial charge on any atom is 0.253 e. The van der Waals surface area contributed by atoms with E-state index < -0.39 is 15.8 Å². The van der Waals surface area contributed by atoms with Gasteiger partial charge in [-0.2, -0.15) is 4.31 Å². The zero-order chi connectivity index (χ0) is 29.4. The summed E-state index contributed by atoms with van der Waals surface area (Å²) in [6.45, 7) is 2.72. The zero-order valence-corrected chi connectivity index (χ0v) is 24.2. The standard InChI is InChI=1S/C31H36FN3O5S/c1-3-18-34(41(38,39)29-10-5-4-6-11-29)23-30(36)35(22-24-8-7-9-26(32)21-24)27-16-19-33(20-17-27)31(37)25-12-14-28(40-2)15-13-25/h4-15,21,27H,3,16-20,22-23H2,1-2H3. The first-order valence-corrected chi connectivity index (χ1v) is 15.2. The van der Waals surface area contributed by atoms with Crippen molar-refractivity contribution in [2.75, 3.05) is 33.3 Å². The maximum atomic E-state index is 14.0. The van der Waals surface area contributed by atoms with E-state index in [1.54, 1.807) is 71.5 Å². The van der Waals surface area contributed by atoms with Gasteiger partial charge in [0.2, 0.25) is 15.9 Å². The molecule has 1 aliphatic rings. The van der Waals surface area contributed by atoms with E-state index in [1.807, 2.05) is 6.92 Å². The van der Waals surface area contributed by atoms with E-state index >= 15 is 0 Å². The second-order valence-electron chi connectivity index (χ2n) is 10.1. The molecule has 218 valence electrons. The van der Waals surface area contributed by atoms with Crippen LogP contribution in [0.3, 0.4) is 0 Å². The maximum absolute atomic E-state index is 14.0. The van der Waals surface area contributed by atoms with Crippen LogP contribution in [0.2, 0.25) is 0 Å². The number of nitrogens with zero attached hydrogens (tertiary/aromatic N) is 3. The quantitative estimate of drug-likeness (QED) is 0.331. The van der Waals surface area contributed by atoms with Gasteiger partial charge in [-0.15, -0.1) is 0 Å². The summed E-state index contributed by atoms with van der Waals surface area (Å²) >= 11 is 0. The van der Waals surface area contributed by atoms with Crippen LogP contribution in [-0.4, -0.2) is 73.7 Å². The topological polar surface area (TPSA) is 87.2 Å². The largest absolute Gasteiger partial charge is 0.497 e. The van der Waals surface area contributed by atoms with Gasteiger partial charge in [0.15, 0.2) is 0 Å². The van der Waals surface area contributed by atoms with Crippen LogP contribution in [0.1, 0.15) is 42.1 Å². The summed E-state index contributed by atoms with van der Waals surface area (Å²) in [4.78, 5) is 30.4. The van der Waals surface area contributed by atoms with Crippen LogP contribution < -0.4 is 4.74 Å². The molecule has 0 radical (unpaired) electrons. The fourth-order valence-corrected chi connectivity index (χ4v) is 6.57. The van der Waals surface area contributed by atoms with Gasteiger partial charge in [0.25, 0.3) is 5.91 Å². The third-order valence-corrected chi connectivity index (χ3v) is 9.12. The molecule has 0 aromatic heterocycles. The average molecular weight is 582 g/mol. The van der Waals surface area contributed by atoms with Crippen LogP contribution in [0.4, 0.5) is 4.39 Å². The first-order chi connectivity index (χ1) is 19.7. The summed E-state index contributed by atoms with van der Waals surface area (Å²) in [6, 6.07) is 20.8. The number of sulfonamides is 1. The molecule has 3 aromatic carbocycles. The van der Waals surface area contributed by atoms with Crippen molar-refractivity contribution < 1.29 is 27.1 Å². The lowest BCUT2D eigenvalue weighted by Crippen LogP contribution is -2.51. The van der Waals surface area contributed by atoms with E-state index in [2.05, 4.69) is 0 Å². The number of carbonyl (C=O) groups is 2. The van der Waals surface area contributed by atoms with Gasteiger partial charge in [-0.25, -0.2) is 12.8 Å². The minimum absolute atomic E-state index is 0.0998. The molecule has 10 heteroatoms. The van der Waals surface area contributed by atoms with Crippen molar-refractivity contribution in [3.8, 4) is 5.75 Å². The molecule has 4 rings (SSSR count). The highest BCUT2D eigenvalue weighted by Gasteiger charge is 2.33. The molecule has 8 nitrogen and oxygen atoms in total. The van der Waals surface area contributed by atoms with Gasteiger partial charge in [-0.1, -0.05) is 37.3 Å². The number of piperidine rings is 1. The van der Waals surface area contributed by atoms with E-state index in [9.17, 15) is 22.4 Å². The van der Waals surface area contributed by atoms with E-state index in [0.717, 1.165) is 0 Å². The number of hydrogen-bond donors (Lipinski definition) is 0. The Balaban J connectivity index is 1.52. The van der Waals surface area contributed by atoms with Crippen LogP contribution in [0, 0.1) is 5.82 Å². The molecule has 0 saturated carbocycles. The van der Waals surface area contributed by atoms with Crippen molar-refractivity contribution >= 4 is 21.8 Å². The van der Waals surface area contributed by atoms with Gasteiger partial charge in [-0.05, 0) is 73.4 Å². The molecule has 0 spiro atoms. The number of likely N-dealkylation sites (tertiary alicyclic amines) is 1. The van der Waals surface area contributed by atoms with Gasteiger partial charge < -0.3 is 14.5 Å². The Bertz CT molecular complexity index is 1430. The van der Waals surface area contributed by atoms with Crippen LogP contribution >= 0.6 is 0 Å². The molecule has 3 aromatic rings. The van der Waals surface area contributed by atoms with E-state index in [-0.39, 0.29) is 42.4 Å². The second-order valence-corrected chi connectivity index (χ2v) is 12.0. The normalized spacial score (nSPS) is 14.2. The minimum atomic E-state index is -3.89. The van der Waals surface area contributed by atoms with Crippen LogP contribution in [0.5, 0.6) is 5.75 Å². The van der Waals surface area contributed by atoms with Crippen molar-refractivity contribution in [3.63, 3.8) is 0 Å². The Hall–Kier alpha value is -3.76. The molecular formula is C31H36FN3O5S. The van der Waals surface area contributed by atoms with Crippen molar-refractivity contribution in [1.82, 2.24) is 14.1 Å². The molecule has 0 aliphatic carbocycles. The highest BCUT2D eigenvalue weighted by Crippen LogP contribution is 2.24. The average Bonchev–Trinajstić information content (AvgIpc) is 3.00. The van der Waals surface area contributed by atoms with E-state index in [1.165, 1.54) is 28.6 Å². The number of benzene rings is 3. The Kier molecular flexibility index (Phi) is 10.1. The number of hydrogen-bond acceptors (Lipinski definition) is 5. The lowest BCUT2D eigenvalue weighted by Gasteiger charge is -2.39. The Morgan fingerprint density at radius 2 is 1.66 bits per heavy atom. The van der Waals surface area contributed by atoms with Crippen molar-refractivity contribution in [3.05, 3.63) is 95.8 Å². The van der Waals surface area contributed by atoms with Gasteiger partial charge >= 0.3 is 0 Å². The molecule has 1 saturated heterocycles. The first kappa shape index (κ1) is 30.2. The minimum Gasteiger partial charge on any atom is -0.497 e.